The molecule has 0 unspecified atom stereocenters. The standard InChI is InChI=1S/C12H12ClN3S/c1-8(10-6-7-15-12(14)16-10)17-11-5-3-2-4-9(11)13/h2-8H,1H3,(H2,14,15,16)/t8-/m1/s1. The number of nitrogens with two attached hydrogens (primary N) is 1. The van der Waals surface area contributed by atoms with E-state index in [1.807, 2.05) is 30.3 Å². The van der Waals surface area contributed by atoms with Gasteiger partial charge in [-0.15, -0.1) is 11.8 Å². The molecule has 1 atom stereocenters. The minimum absolute atomic E-state index is 0.181. The molecule has 0 amide bonds. The molecule has 1 heterocycles. The first-order valence-corrected chi connectivity index (χ1v) is 6.42. The van der Waals surface area contributed by atoms with Crippen LogP contribution in [-0.4, -0.2) is 9.97 Å². The zero-order valence-corrected chi connectivity index (χ0v) is 10.9. The summed E-state index contributed by atoms with van der Waals surface area (Å²) in [6.07, 6.45) is 1.67. The Morgan fingerprint density at radius 1 is 1.29 bits per heavy atom. The van der Waals surface area contributed by atoms with Crippen LogP contribution in [-0.2, 0) is 0 Å². The summed E-state index contributed by atoms with van der Waals surface area (Å²) in [5.74, 6) is 0.300. The van der Waals surface area contributed by atoms with Crippen LogP contribution in [0.2, 0.25) is 5.02 Å². The molecule has 1 aromatic carbocycles. The van der Waals surface area contributed by atoms with Crippen molar-refractivity contribution in [2.24, 2.45) is 0 Å². The summed E-state index contributed by atoms with van der Waals surface area (Å²) in [6, 6.07) is 9.62. The highest BCUT2D eigenvalue weighted by atomic mass is 35.5. The zero-order chi connectivity index (χ0) is 12.3. The van der Waals surface area contributed by atoms with Gasteiger partial charge in [-0.1, -0.05) is 23.7 Å². The molecule has 0 aliphatic rings. The van der Waals surface area contributed by atoms with E-state index in [1.54, 1.807) is 18.0 Å². The summed E-state index contributed by atoms with van der Waals surface area (Å²) < 4.78 is 0. The van der Waals surface area contributed by atoms with Gasteiger partial charge in [0.1, 0.15) is 0 Å². The molecule has 2 N–H and O–H groups in total. The van der Waals surface area contributed by atoms with Gasteiger partial charge in [0.25, 0.3) is 0 Å². The normalized spacial score (nSPS) is 12.4. The van der Waals surface area contributed by atoms with Crippen LogP contribution < -0.4 is 5.73 Å². The number of rotatable bonds is 3. The van der Waals surface area contributed by atoms with Crippen molar-refractivity contribution in [3.63, 3.8) is 0 Å². The molecule has 5 heteroatoms. The first-order chi connectivity index (χ1) is 8.16. The average Bonchev–Trinajstić information content (AvgIpc) is 2.32. The summed E-state index contributed by atoms with van der Waals surface area (Å²) in [5.41, 5.74) is 6.47. The Morgan fingerprint density at radius 2 is 2.06 bits per heavy atom. The smallest absolute Gasteiger partial charge is 0.220 e. The van der Waals surface area contributed by atoms with E-state index in [4.69, 9.17) is 17.3 Å². The molecule has 0 spiro atoms. The minimum atomic E-state index is 0.181. The molecule has 17 heavy (non-hydrogen) atoms. The minimum Gasteiger partial charge on any atom is -0.368 e. The molecule has 0 aliphatic heterocycles. The Morgan fingerprint density at radius 3 is 2.76 bits per heavy atom. The Labute approximate surface area is 109 Å². The van der Waals surface area contributed by atoms with Crippen molar-refractivity contribution in [1.82, 2.24) is 9.97 Å². The third kappa shape index (κ3) is 3.11. The number of halogens is 1. The summed E-state index contributed by atoms with van der Waals surface area (Å²) in [4.78, 5) is 9.12. The number of nitrogens with zero attached hydrogens (tertiary/aromatic N) is 2. The fraction of sp³-hybridized carbons (Fsp3) is 0.167. The quantitative estimate of drug-likeness (QED) is 0.862. The lowest BCUT2D eigenvalue weighted by Crippen LogP contribution is -1.99. The number of thioether (sulfide) groups is 1. The number of hydrogen-bond donors (Lipinski definition) is 1. The van der Waals surface area contributed by atoms with Crippen LogP contribution in [0.3, 0.4) is 0 Å². The van der Waals surface area contributed by atoms with Gasteiger partial charge in [0.15, 0.2) is 0 Å². The van der Waals surface area contributed by atoms with Gasteiger partial charge in [0.2, 0.25) is 5.95 Å². The lowest BCUT2D eigenvalue weighted by Gasteiger charge is -2.11. The van der Waals surface area contributed by atoms with Gasteiger partial charge in [0.05, 0.1) is 10.7 Å². The SMILES string of the molecule is C[C@@H](Sc1ccccc1Cl)c1ccnc(N)n1. The monoisotopic (exact) mass is 265 g/mol. The summed E-state index contributed by atoms with van der Waals surface area (Å²) in [5, 5.41) is 0.937. The highest BCUT2D eigenvalue weighted by Gasteiger charge is 2.11. The molecule has 0 saturated carbocycles. The van der Waals surface area contributed by atoms with Crippen LogP contribution in [0, 0.1) is 0 Å². The average molecular weight is 266 g/mol. The molecule has 0 fully saturated rings. The fourth-order valence-corrected chi connectivity index (χ4v) is 2.65. The third-order valence-electron chi connectivity index (χ3n) is 2.25. The zero-order valence-electron chi connectivity index (χ0n) is 9.30. The van der Waals surface area contributed by atoms with Gasteiger partial charge in [0, 0.05) is 16.3 Å². The van der Waals surface area contributed by atoms with Crippen molar-refractivity contribution in [2.75, 3.05) is 5.73 Å². The van der Waals surface area contributed by atoms with Gasteiger partial charge < -0.3 is 5.73 Å². The number of aromatic nitrogens is 2. The summed E-state index contributed by atoms with van der Waals surface area (Å²) in [6.45, 7) is 2.07. The van der Waals surface area contributed by atoms with E-state index in [0.29, 0.717) is 5.95 Å². The van der Waals surface area contributed by atoms with Crippen LogP contribution in [0.5, 0.6) is 0 Å². The highest BCUT2D eigenvalue weighted by Crippen LogP contribution is 2.37. The van der Waals surface area contributed by atoms with Gasteiger partial charge in [-0.3, -0.25) is 0 Å². The molecule has 0 saturated heterocycles. The second-order valence-corrected chi connectivity index (χ2v) is 5.32. The molecule has 2 rings (SSSR count). The summed E-state index contributed by atoms with van der Waals surface area (Å²) >= 11 is 7.76. The van der Waals surface area contributed by atoms with Crippen molar-refractivity contribution in [2.45, 2.75) is 17.1 Å². The number of nitrogen functional groups attached to an aromatic ring is 1. The molecule has 3 nitrogen and oxygen atoms in total. The Balaban J connectivity index is 2.17. The molecular formula is C12H12ClN3S. The number of anilines is 1. The van der Waals surface area contributed by atoms with Gasteiger partial charge in [-0.2, -0.15) is 0 Å². The third-order valence-corrected chi connectivity index (χ3v) is 3.90. The Kier molecular flexibility index (Phi) is 3.86. The predicted octanol–water partition coefficient (Wildman–Crippen LogP) is 3.57. The largest absolute Gasteiger partial charge is 0.368 e. The second kappa shape index (κ2) is 5.38. The molecular weight excluding hydrogens is 254 g/mol. The maximum atomic E-state index is 6.11. The van der Waals surface area contributed by atoms with E-state index in [2.05, 4.69) is 16.9 Å². The Bertz CT molecular complexity index is 519. The molecule has 0 radical (unpaired) electrons. The second-order valence-electron chi connectivity index (χ2n) is 3.53. The first-order valence-electron chi connectivity index (χ1n) is 5.16. The molecule has 88 valence electrons. The van der Waals surface area contributed by atoms with Crippen LogP contribution in [0.25, 0.3) is 0 Å². The molecule has 2 aromatic rings. The number of benzene rings is 1. The lowest BCUT2D eigenvalue weighted by molar-refractivity contribution is 0.985. The van der Waals surface area contributed by atoms with Crippen molar-refractivity contribution in [3.05, 3.63) is 47.2 Å². The van der Waals surface area contributed by atoms with Gasteiger partial charge >= 0.3 is 0 Å². The molecule has 0 aliphatic carbocycles. The van der Waals surface area contributed by atoms with E-state index in [-0.39, 0.29) is 5.25 Å². The molecule has 1 aromatic heterocycles. The van der Waals surface area contributed by atoms with Crippen molar-refractivity contribution in [1.29, 1.82) is 0 Å². The maximum absolute atomic E-state index is 6.11. The molecule has 0 bridgehead atoms. The maximum Gasteiger partial charge on any atom is 0.220 e. The van der Waals surface area contributed by atoms with E-state index >= 15 is 0 Å². The lowest BCUT2D eigenvalue weighted by atomic mass is 10.3. The first kappa shape index (κ1) is 12.2. The highest BCUT2D eigenvalue weighted by molar-refractivity contribution is 7.99. The van der Waals surface area contributed by atoms with Crippen LogP contribution in [0.4, 0.5) is 5.95 Å². The van der Waals surface area contributed by atoms with Crippen LogP contribution >= 0.6 is 23.4 Å². The van der Waals surface area contributed by atoms with Crippen molar-refractivity contribution < 1.29 is 0 Å². The van der Waals surface area contributed by atoms with Crippen LogP contribution in [0.15, 0.2) is 41.4 Å². The van der Waals surface area contributed by atoms with Gasteiger partial charge in [-0.05, 0) is 25.1 Å². The fourth-order valence-electron chi connectivity index (χ4n) is 1.41. The van der Waals surface area contributed by atoms with E-state index in [0.717, 1.165) is 15.6 Å². The summed E-state index contributed by atoms with van der Waals surface area (Å²) in [7, 11) is 0. The Hall–Kier alpha value is -1.26. The topological polar surface area (TPSA) is 51.8 Å². The van der Waals surface area contributed by atoms with Crippen molar-refractivity contribution in [3.8, 4) is 0 Å². The predicted molar refractivity (Wildman–Crippen MR) is 72.2 cm³/mol. The van der Waals surface area contributed by atoms with Crippen LogP contribution in [0.1, 0.15) is 17.9 Å². The van der Waals surface area contributed by atoms with Gasteiger partial charge in [-0.25, -0.2) is 9.97 Å². The van der Waals surface area contributed by atoms with E-state index in [1.165, 1.54) is 0 Å². The number of hydrogen-bond acceptors (Lipinski definition) is 4. The van der Waals surface area contributed by atoms with E-state index < -0.39 is 0 Å². The van der Waals surface area contributed by atoms with Crippen molar-refractivity contribution >= 4 is 29.3 Å². The van der Waals surface area contributed by atoms with E-state index in [9.17, 15) is 0 Å².